The Morgan fingerprint density at radius 1 is 1.67 bits per heavy atom. The van der Waals surface area contributed by atoms with Crippen molar-refractivity contribution in [3.8, 4) is 6.01 Å². The third-order valence-corrected chi connectivity index (χ3v) is 1.95. The van der Waals surface area contributed by atoms with Gasteiger partial charge < -0.3 is 9.52 Å². The third kappa shape index (κ3) is 1.61. The number of nitrogens with zero attached hydrogens (tertiary/aromatic N) is 3. The van der Waals surface area contributed by atoms with Crippen LogP contribution in [0.3, 0.4) is 0 Å². The van der Waals surface area contributed by atoms with Crippen LogP contribution in [0.15, 0.2) is 23.1 Å². The maximum atomic E-state index is 10.6. The molecule has 2 rings (SSSR count). The van der Waals surface area contributed by atoms with Gasteiger partial charge in [0.15, 0.2) is 5.69 Å². The Kier molecular flexibility index (Phi) is 2.24. The molecule has 78 valence electrons. The van der Waals surface area contributed by atoms with Gasteiger partial charge in [-0.15, -0.1) is 0 Å². The van der Waals surface area contributed by atoms with Crippen molar-refractivity contribution in [2.75, 3.05) is 0 Å². The van der Waals surface area contributed by atoms with Crippen molar-refractivity contribution >= 4 is 5.97 Å². The second-order valence-corrected chi connectivity index (χ2v) is 2.89. The summed E-state index contributed by atoms with van der Waals surface area (Å²) in [5, 5.41) is 8.67. The Hall–Kier alpha value is -2.11. The first kappa shape index (κ1) is 9.45. The van der Waals surface area contributed by atoms with Crippen LogP contribution in [0.25, 0.3) is 6.01 Å². The number of aromatic nitrogens is 3. The highest BCUT2D eigenvalue weighted by atomic mass is 16.4. The topological polar surface area (TPSA) is 81.2 Å². The normalized spacial score (nSPS) is 10.5. The molecule has 6 heteroatoms. The predicted molar refractivity (Wildman–Crippen MR) is 50.0 cm³/mol. The summed E-state index contributed by atoms with van der Waals surface area (Å²) in [6.07, 6.45) is 5.12. The number of carboxylic acids is 1. The second kappa shape index (κ2) is 3.56. The van der Waals surface area contributed by atoms with E-state index in [1.165, 1.54) is 0 Å². The third-order valence-electron chi connectivity index (χ3n) is 1.95. The lowest BCUT2D eigenvalue weighted by molar-refractivity contribution is 0.0690. The molecule has 0 saturated carbocycles. The summed E-state index contributed by atoms with van der Waals surface area (Å²) in [7, 11) is 0. The van der Waals surface area contributed by atoms with Crippen LogP contribution in [0.2, 0.25) is 0 Å². The van der Waals surface area contributed by atoms with Gasteiger partial charge >= 0.3 is 12.0 Å². The van der Waals surface area contributed by atoms with Gasteiger partial charge in [0, 0.05) is 18.8 Å². The number of carboxylic acid groups (broad SMARTS) is 1. The molecule has 0 aliphatic heterocycles. The summed E-state index contributed by atoms with van der Waals surface area (Å²) in [6, 6.07) is 0.224. The van der Waals surface area contributed by atoms with E-state index in [2.05, 4.69) is 9.97 Å². The summed E-state index contributed by atoms with van der Waals surface area (Å²) in [5.41, 5.74) is -0.110. The minimum absolute atomic E-state index is 0.110. The lowest BCUT2D eigenvalue weighted by Crippen LogP contribution is -2.01. The molecule has 0 aliphatic carbocycles. The number of aromatic carboxylic acids is 1. The number of oxazole rings is 1. The highest BCUT2D eigenvalue weighted by Crippen LogP contribution is 2.10. The van der Waals surface area contributed by atoms with E-state index in [1.54, 1.807) is 17.0 Å². The summed E-state index contributed by atoms with van der Waals surface area (Å²) in [6.45, 7) is 1.94. The van der Waals surface area contributed by atoms with E-state index >= 15 is 0 Å². The maximum Gasteiger partial charge on any atom is 0.357 e. The fourth-order valence-electron chi connectivity index (χ4n) is 1.24. The van der Waals surface area contributed by atoms with Gasteiger partial charge in [0.1, 0.15) is 12.1 Å². The molecular weight excluding hydrogens is 198 g/mol. The van der Waals surface area contributed by atoms with Crippen LogP contribution >= 0.6 is 0 Å². The standard InChI is InChI=1S/C9H9N3O3/c1-2-7-10-3-4-12(7)9-11-6(5-15-9)8(13)14/h3-5H,2H2,1H3,(H,13,14). The molecule has 2 aromatic heterocycles. The lowest BCUT2D eigenvalue weighted by atomic mass is 10.4. The predicted octanol–water partition coefficient (Wildman–Crippen LogP) is 1.12. The molecule has 0 saturated heterocycles. The Labute approximate surface area is 85.2 Å². The molecule has 15 heavy (non-hydrogen) atoms. The van der Waals surface area contributed by atoms with Crippen LogP contribution in [0, 0.1) is 0 Å². The van der Waals surface area contributed by atoms with Crippen molar-refractivity contribution in [1.29, 1.82) is 0 Å². The zero-order chi connectivity index (χ0) is 10.8. The van der Waals surface area contributed by atoms with Crippen LogP contribution in [0.4, 0.5) is 0 Å². The van der Waals surface area contributed by atoms with Crippen LogP contribution in [-0.4, -0.2) is 25.6 Å². The van der Waals surface area contributed by atoms with Crippen molar-refractivity contribution in [2.45, 2.75) is 13.3 Å². The summed E-state index contributed by atoms with van der Waals surface area (Å²) in [4.78, 5) is 18.5. The lowest BCUT2D eigenvalue weighted by Gasteiger charge is -1.98. The minimum atomic E-state index is -1.11. The zero-order valence-corrected chi connectivity index (χ0v) is 8.04. The highest BCUT2D eigenvalue weighted by Gasteiger charge is 2.13. The molecule has 0 bridgehead atoms. The Bertz CT molecular complexity index is 486. The Morgan fingerprint density at radius 3 is 3.07 bits per heavy atom. The van der Waals surface area contributed by atoms with E-state index in [9.17, 15) is 4.79 Å². The molecule has 0 aromatic carbocycles. The first-order valence-corrected chi connectivity index (χ1v) is 4.43. The average molecular weight is 207 g/mol. The first-order chi connectivity index (χ1) is 7.22. The van der Waals surface area contributed by atoms with E-state index in [0.717, 1.165) is 18.5 Å². The molecule has 0 unspecified atom stereocenters. The van der Waals surface area contributed by atoms with Crippen molar-refractivity contribution in [2.24, 2.45) is 0 Å². The van der Waals surface area contributed by atoms with Gasteiger partial charge in [0.2, 0.25) is 0 Å². The van der Waals surface area contributed by atoms with E-state index in [-0.39, 0.29) is 11.7 Å². The van der Waals surface area contributed by atoms with Crippen molar-refractivity contribution < 1.29 is 14.3 Å². The van der Waals surface area contributed by atoms with Crippen molar-refractivity contribution in [3.05, 3.63) is 30.2 Å². The highest BCUT2D eigenvalue weighted by molar-refractivity contribution is 5.84. The molecule has 2 heterocycles. The number of rotatable bonds is 3. The summed E-state index contributed by atoms with van der Waals surface area (Å²) in [5.74, 6) is -0.336. The molecule has 1 N–H and O–H groups in total. The number of aryl methyl sites for hydroxylation is 1. The SMILES string of the molecule is CCc1nccn1-c1nc(C(=O)O)co1. The van der Waals surface area contributed by atoms with E-state index in [0.29, 0.717) is 0 Å². The van der Waals surface area contributed by atoms with Gasteiger partial charge in [-0.3, -0.25) is 4.57 Å². The first-order valence-electron chi connectivity index (χ1n) is 4.43. The van der Waals surface area contributed by atoms with Gasteiger partial charge in [0.05, 0.1) is 0 Å². The van der Waals surface area contributed by atoms with Gasteiger partial charge in [-0.1, -0.05) is 6.92 Å². The molecule has 0 atom stereocenters. The van der Waals surface area contributed by atoms with Gasteiger partial charge in [0.25, 0.3) is 0 Å². The van der Waals surface area contributed by atoms with E-state index < -0.39 is 5.97 Å². The van der Waals surface area contributed by atoms with Crippen molar-refractivity contribution in [1.82, 2.24) is 14.5 Å². The molecule has 0 radical (unpaired) electrons. The van der Waals surface area contributed by atoms with Crippen molar-refractivity contribution in [3.63, 3.8) is 0 Å². The van der Waals surface area contributed by atoms with Crippen LogP contribution < -0.4 is 0 Å². The zero-order valence-electron chi connectivity index (χ0n) is 8.04. The fourth-order valence-corrected chi connectivity index (χ4v) is 1.24. The second-order valence-electron chi connectivity index (χ2n) is 2.89. The maximum absolute atomic E-state index is 10.6. The summed E-state index contributed by atoms with van der Waals surface area (Å²) < 4.78 is 6.66. The fraction of sp³-hybridized carbons (Fsp3) is 0.222. The van der Waals surface area contributed by atoms with Crippen LogP contribution in [0.5, 0.6) is 0 Å². The largest absolute Gasteiger partial charge is 0.476 e. The number of carbonyl (C=O) groups is 1. The quantitative estimate of drug-likeness (QED) is 0.815. The van der Waals surface area contributed by atoms with E-state index in [4.69, 9.17) is 9.52 Å². The smallest absolute Gasteiger partial charge is 0.357 e. The Balaban J connectivity index is 2.41. The monoisotopic (exact) mass is 207 g/mol. The number of imidazole rings is 1. The van der Waals surface area contributed by atoms with Crippen LogP contribution in [0.1, 0.15) is 23.2 Å². The van der Waals surface area contributed by atoms with E-state index in [1.807, 2.05) is 6.92 Å². The molecule has 6 nitrogen and oxygen atoms in total. The van der Waals surface area contributed by atoms with Gasteiger partial charge in [-0.2, -0.15) is 4.98 Å². The molecule has 0 spiro atoms. The molecule has 0 aliphatic rings. The van der Waals surface area contributed by atoms with Crippen LogP contribution in [-0.2, 0) is 6.42 Å². The average Bonchev–Trinajstić information content (AvgIpc) is 2.85. The van der Waals surface area contributed by atoms with Gasteiger partial charge in [-0.25, -0.2) is 9.78 Å². The Morgan fingerprint density at radius 2 is 2.47 bits per heavy atom. The van der Waals surface area contributed by atoms with Gasteiger partial charge in [-0.05, 0) is 0 Å². The minimum Gasteiger partial charge on any atom is -0.476 e. The molecule has 0 amide bonds. The molecule has 0 fully saturated rings. The summed E-state index contributed by atoms with van der Waals surface area (Å²) >= 11 is 0. The molecule has 2 aromatic rings. The number of hydrogen-bond acceptors (Lipinski definition) is 4. The molecular formula is C9H9N3O3. The number of hydrogen-bond donors (Lipinski definition) is 1.